The van der Waals surface area contributed by atoms with E-state index in [-0.39, 0.29) is 5.91 Å². The number of carbonyl (C=O) groups excluding carboxylic acids is 1. The van der Waals surface area contributed by atoms with Crippen molar-refractivity contribution in [3.63, 3.8) is 0 Å². The number of pyridine rings is 1. The van der Waals surface area contributed by atoms with Crippen LogP contribution in [0.4, 0.5) is 0 Å². The number of hydrogen-bond donors (Lipinski definition) is 2. The zero-order chi connectivity index (χ0) is 14.1. The smallest absolute Gasteiger partial charge is 0.236 e. The number of aromatic nitrogens is 1. The lowest BCUT2D eigenvalue weighted by atomic mass is 10.2. The van der Waals surface area contributed by atoms with Crippen LogP contribution in [-0.2, 0) is 17.9 Å². The zero-order valence-corrected chi connectivity index (χ0v) is 12.1. The molecule has 1 aromatic rings. The van der Waals surface area contributed by atoms with Crippen LogP contribution in [0.5, 0.6) is 0 Å². The van der Waals surface area contributed by atoms with Crippen molar-refractivity contribution in [1.82, 2.24) is 20.5 Å². The summed E-state index contributed by atoms with van der Waals surface area (Å²) >= 11 is 0. The predicted octanol–water partition coefficient (Wildman–Crippen LogP) is 0.759. The maximum atomic E-state index is 11.4. The first-order valence-electron chi connectivity index (χ1n) is 6.69. The molecule has 0 fully saturated rings. The van der Waals surface area contributed by atoms with Gasteiger partial charge in [-0.2, -0.15) is 0 Å². The van der Waals surface area contributed by atoms with Gasteiger partial charge in [-0.25, -0.2) is 0 Å². The SMILES string of the molecule is CCCNCc1ccnc(CNCC(=O)N(C)C)c1. The van der Waals surface area contributed by atoms with Gasteiger partial charge in [-0.15, -0.1) is 0 Å². The molecule has 0 aromatic carbocycles. The highest BCUT2D eigenvalue weighted by Crippen LogP contribution is 2.01. The van der Waals surface area contributed by atoms with Gasteiger partial charge in [0, 0.05) is 33.4 Å². The highest BCUT2D eigenvalue weighted by atomic mass is 16.2. The number of hydrogen-bond acceptors (Lipinski definition) is 4. The first-order valence-corrected chi connectivity index (χ1v) is 6.69. The van der Waals surface area contributed by atoms with Crippen molar-refractivity contribution in [1.29, 1.82) is 0 Å². The van der Waals surface area contributed by atoms with E-state index in [1.165, 1.54) is 5.56 Å². The Hall–Kier alpha value is -1.46. The Morgan fingerprint density at radius 3 is 2.79 bits per heavy atom. The standard InChI is InChI=1S/C14H24N4O/c1-4-6-15-9-12-5-7-17-13(8-12)10-16-11-14(19)18(2)3/h5,7-8,15-16H,4,6,9-11H2,1-3H3. The maximum absolute atomic E-state index is 11.4. The van der Waals surface area contributed by atoms with E-state index in [0.717, 1.165) is 25.2 Å². The topological polar surface area (TPSA) is 57.3 Å². The van der Waals surface area contributed by atoms with Crippen molar-refractivity contribution in [2.24, 2.45) is 0 Å². The number of nitrogens with one attached hydrogen (secondary N) is 2. The van der Waals surface area contributed by atoms with Crippen LogP contribution in [-0.4, -0.2) is 43.0 Å². The van der Waals surface area contributed by atoms with E-state index in [2.05, 4.69) is 28.6 Å². The third-order valence-corrected chi connectivity index (χ3v) is 2.72. The molecule has 0 spiro atoms. The summed E-state index contributed by atoms with van der Waals surface area (Å²) in [6.45, 7) is 4.98. The molecule has 0 aliphatic rings. The van der Waals surface area contributed by atoms with Gasteiger partial charge in [-0.1, -0.05) is 6.92 Å². The molecule has 5 nitrogen and oxygen atoms in total. The maximum Gasteiger partial charge on any atom is 0.236 e. The van der Waals surface area contributed by atoms with Gasteiger partial charge in [0.25, 0.3) is 0 Å². The molecule has 0 bridgehead atoms. The third kappa shape index (κ3) is 6.31. The lowest BCUT2D eigenvalue weighted by molar-refractivity contribution is -0.127. The van der Waals surface area contributed by atoms with Crippen LogP contribution in [0.1, 0.15) is 24.6 Å². The number of carbonyl (C=O) groups is 1. The molecule has 0 unspecified atom stereocenters. The highest BCUT2D eigenvalue weighted by molar-refractivity contribution is 5.77. The first-order chi connectivity index (χ1) is 9.13. The van der Waals surface area contributed by atoms with Gasteiger partial charge in [0.05, 0.1) is 12.2 Å². The molecule has 1 aromatic heterocycles. The van der Waals surface area contributed by atoms with Crippen LogP contribution >= 0.6 is 0 Å². The average Bonchev–Trinajstić information content (AvgIpc) is 2.39. The summed E-state index contributed by atoms with van der Waals surface area (Å²) in [5, 5.41) is 6.46. The van der Waals surface area contributed by atoms with Gasteiger partial charge in [-0.05, 0) is 30.7 Å². The summed E-state index contributed by atoms with van der Waals surface area (Å²) in [6.07, 6.45) is 2.94. The van der Waals surface area contributed by atoms with E-state index in [1.54, 1.807) is 19.0 Å². The molecule has 0 saturated carbocycles. The Labute approximate surface area is 115 Å². The Morgan fingerprint density at radius 2 is 2.11 bits per heavy atom. The lowest BCUT2D eigenvalue weighted by Gasteiger charge is -2.11. The molecule has 1 amide bonds. The van der Waals surface area contributed by atoms with Crippen molar-refractivity contribution < 1.29 is 4.79 Å². The second kappa shape index (κ2) is 8.61. The summed E-state index contributed by atoms with van der Waals surface area (Å²) in [4.78, 5) is 17.3. The van der Waals surface area contributed by atoms with Gasteiger partial charge in [0.2, 0.25) is 5.91 Å². The fourth-order valence-electron chi connectivity index (χ4n) is 1.60. The Kier molecular flexibility index (Phi) is 7.07. The second-order valence-corrected chi connectivity index (χ2v) is 4.72. The van der Waals surface area contributed by atoms with Crippen LogP contribution in [0.25, 0.3) is 0 Å². The van der Waals surface area contributed by atoms with Gasteiger partial charge in [0.15, 0.2) is 0 Å². The fourth-order valence-corrected chi connectivity index (χ4v) is 1.60. The highest BCUT2D eigenvalue weighted by Gasteiger charge is 2.03. The molecule has 0 aliphatic heterocycles. The van der Waals surface area contributed by atoms with E-state index in [4.69, 9.17) is 0 Å². The van der Waals surface area contributed by atoms with E-state index in [0.29, 0.717) is 13.1 Å². The minimum atomic E-state index is 0.0702. The molecular formula is C14H24N4O. The molecule has 0 radical (unpaired) electrons. The quantitative estimate of drug-likeness (QED) is 0.681. The van der Waals surface area contributed by atoms with Gasteiger partial charge in [0.1, 0.15) is 0 Å². The van der Waals surface area contributed by atoms with Crippen molar-refractivity contribution in [3.8, 4) is 0 Å². The number of amides is 1. The monoisotopic (exact) mass is 264 g/mol. The largest absolute Gasteiger partial charge is 0.348 e. The normalized spacial score (nSPS) is 10.5. The van der Waals surface area contributed by atoms with E-state index in [1.807, 2.05) is 12.3 Å². The lowest BCUT2D eigenvalue weighted by Crippen LogP contribution is -2.32. The van der Waals surface area contributed by atoms with Gasteiger partial charge in [-0.3, -0.25) is 9.78 Å². The average molecular weight is 264 g/mol. The van der Waals surface area contributed by atoms with E-state index in [9.17, 15) is 4.79 Å². The second-order valence-electron chi connectivity index (χ2n) is 4.72. The van der Waals surface area contributed by atoms with Crippen LogP contribution in [0.15, 0.2) is 18.3 Å². The molecule has 0 aliphatic carbocycles. The summed E-state index contributed by atoms with van der Waals surface area (Å²) < 4.78 is 0. The molecule has 1 rings (SSSR count). The summed E-state index contributed by atoms with van der Waals surface area (Å²) in [5.74, 6) is 0.0702. The zero-order valence-electron chi connectivity index (χ0n) is 12.1. The van der Waals surface area contributed by atoms with E-state index >= 15 is 0 Å². The number of nitrogens with zero attached hydrogens (tertiary/aromatic N) is 2. The minimum Gasteiger partial charge on any atom is -0.348 e. The van der Waals surface area contributed by atoms with Crippen molar-refractivity contribution in [2.45, 2.75) is 26.4 Å². The third-order valence-electron chi connectivity index (χ3n) is 2.72. The minimum absolute atomic E-state index is 0.0702. The first kappa shape index (κ1) is 15.6. The van der Waals surface area contributed by atoms with Crippen molar-refractivity contribution >= 4 is 5.91 Å². The van der Waals surface area contributed by atoms with E-state index < -0.39 is 0 Å². The number of rotatable bonds is 8. The van der Waals surface area contributed by atoms with Crippen molar-refractivity contribution in [2.75, 3.05) is 27.2 Å². The summed E-state index contributed by atoms with van der Waals surface area (Å²) in [7, 11) is 3.50. The Morgan fingerprint density at radius 1 is 1.32 bits per heavy atom. The molecule has 106 valence electrons. The predicted molar refractivity (Wildman–Crippen MR) is 76.6 cm³/mol. The van der Waals surface area contributed by atoms with Crippen LogP contribution in [0.2, 0.25) is 0 Å². The Bertz CT molecular complexity index is 393. The number of likely N-dealkylation sites (N-methyl/N-ethyl adjacent to an activating group) is 1. The van der Waals surface area contributed by atoms with Gasteiger partial charge >= 0.3 is 0 Å². The van der Waals surface area contributed by atoms with Crippen LogP contribution in [0.3, 0.4) is 0 Å². The molecule has 1 heterocycles. The molecular weight excluding hydrogens is 240 g/mol. The molecule has 19 heavy (non-hydrogen) atoms. The van der Waals surface area contributed by atoms with Gasteiger partial charge < -0.3 is 15.5 Å². The molecule has 0 atom stereocenters. The van der Waals surface area contributed by atoms with Crippen LogP contribution in [0, 0.1) is 0 Å². The fraction of sp³-hybridized carbons (Fsp3) is 0.571. The van der Waals surface area contributed by atoms with Crippen molar-refractivity contribution in [3.05, 3.63) is 29.6 Å². The Balaban J connectivity index is 2.37. The van der Waals surface area contributed by atoms with Crippen LogP contribution < -0.4 is 10.6 Å². The summed E-state index contributed by atoms with van der Waals surface area (Å²) in [6, 6.07) is 4.08. The molecule has 0 saturated heterocycles. The summed E-state index contributed by atoms with van der Waals surface area (Å²) in [5.41, 5.74) is 2.18. The molecule has 2 N–H and O–H groups in total. The molecule has 5 heteroatoms.